The minimum absolute atomic E-state index is 0.0797. The van der Waals surface area contributed by atoms with Gasteiger partial charge in [-0.3, -0.25) is 10.1 Å². The quantitative estimate of drug-likeness (QED) is 0.419. The molecule has 8 heteroatoms. The van der Waals surface area contributed by atoms with Crippen LogP contribution < -0.4 is 0 Å². The van der Waals surface area contributed by atoms with Crippen molar-refractivity contribution in [2.45, 2.75) is 13.8 Å². The first-order chi connectivity index (χ1) is 11.0. The highest BCUT2D eigenvalue weighted by Gasteiger charge is 2.17. The van der Waals surface area contributed by atoms with E-state index in [0.717, 1.165) is 5.56 Å². The van der Waals surface area contributed by atoms with E-state index in [4.69, 9.17) is 4.42 Å². The van der Waals surface area contributed by atoms with Gasteiger partial charge in [-0.05, 0) is 37.6 Å². The van der Waals surface area contributed by atoms with Crippen LogP contribution >= 0.6 is 0 Å². The first-order valence-electron chi connectivity index (χ1n) is 6.79. The molecule has 3 aromatic rings. The lowest BCUT2D eigenvalue weighted by Gasteiger charge is -2.05. The smallest absolute Gasteiger partial charge is 0.273 e. The molecule has 0 aliphatic rings. The lowest BCUT2D eigenvalue weighted by atomic mass is 10.0. The number of aryl methyl sites for hydroxylation is 1. The maximum Gasteiger partial charge on any atom is 0.273 e. The fourth-order valence-corrected chi connectivity index (χ4v) is 2.23. The number of aromatic nitrogens is 3. The van der Waals surface area contributed by atoms with Crippen LogP contribution in [0.4, 0.5) is 5.69 Å². The van der Waals surface area contributed by atoms with Gasteiger partial charge in [-0.2, -0.15) is 5.10 Å². The Bertz CT molecular complexity index is 881. The van der Waals surface area contributed by atoms with Crippen LogP contribution in [-0.4, -0.2) is 26.0 Å². The average Bonchev–Trinajstić information content (AvgIpc) is 3.17. The molecule has 0 atom stereocenters. The van der Waals surface area contributed by atoms with E-state index >= 15 is 0 Å². The Morgan fingerprint density at radius 1 is 1.26 bits per heavy atom. The van der Waals surface area contributed by atoms with Gasteiger partial charge in [0.15, 0.2) is 0 Å². The number of nitro groups is 1. The van der Waals surface area contributed by atoms with Gasteiger partial charge in [-0.25, -0.2) is 4.68 Å². The topological polar surface area (TPSA) is 99.3 Å². The summed E-state index contributed by atoms with van der Waals surface area (Å²) in [7, 11) is 0. The third-order valence-corrected chi connectivity index (χ3v) is 3.34. The molecule has 2 heterocycles. The Kier molecular flexibility index (Phi) is 3.71. The first kappa shape index (κ1) is 14.6. The molecule has 0 unspecified atom stereocenters. The molecule has 8 nitrogen and oxygen atoms in total. The van der Waals surface area contributed by atoms with Crippen molar-refractivity contribution in [1.82, 2.24) is 14.9 Å². The Balaban J connectivity index is 1.96. The number of furan rings is 1. The van der Waals surface area contributed by atoms with Crippen molar-refractivity contribution in [1.29, 1.82) is 0 Å². The molecule has 0 spiro atoms. The Labute approximate surface area is 131 Å². The molecule has 2 aromatic heterocycles. The summed E-state index contributed by atoms with van der Waals surface area (Å²) in [6.07, 6.45) is 4.43. The normalized spacial score (nSPS) is 11.2. The van der Waals surface area contributed by atoms with Crippen LogP contribution in [0.3, 0.4) is 0 Å². The molecule has 0 aliphatic heterocycles. The van der Waals surface area contributed by atoms with Crippen LogP contribution in [0.25, 0.3) is 11.3 Å². The summed E-state index contributed by atoms with van der Waals surface area (Å²) in [6, 6.07) is 6.92. The molecule has 0 saturated heterocycles. The van der Waals surface area contributed by atoms with Crippen LogP contribution in [0.5, 0.6) is 0 Å². The molecule has 0 fully saturated rings. The van der Waals surface area contributed by atoms with Crippen molar-refractivity contribution in [3.8, 4) is 11.3 Å². The van der Waals surface area contributed by atoms with Crippen molar-refractivity contribution < 1.29 is 9.34 Å². The predicted molar refractivity (Wildman–Crippen MR) is 83.3 cm³/mol. The molecule has 23 heavy (non-hydrogen) atoms. The van der Waals surface area contributed by atoms with Gasteiger partial charge in [0.05, 0.1) is 11.1 Å². The van der Waals surface area contributed by atoms with Crippen LogP contribution in [-0.2, 0) is 0 Å². The molecule has 0 radical (unpaired) electrons. The second-order valence-corrected chi connectivity index (χ2v) is 5.00. The molecule has 0 saturated carbocycles. The number of rotatable bonds is 4. The summed E-state index contributed by atoms with van der Waals surface area (Å²) in [4.78, 5) is 10.8. The number of nitro benzene ring substituents is 1. The van der Waals surface area contributed by atoms with E-state index in [9.17, 15) is 10.1 Å². The van der Waals surface area contributed by atoms with Crippen molar-refractivity contribution in [3.63, 3.8) is 0 Å². The number of nitrogens with zero attached hydrogens (tertiary/aromatic N) is 5. The zero-order valence-electron chi connectivity index (χ0n) is 12.5. The number of hydrogen-bond acceptors (Lipinski definition) is 6. The van der Waals surface area contributed by atoms with E-state index in [1.807, 2.05) is 13.0 Å². The highest BCUT2D eigenvalue weighted by molar-refractivity contribution is 5.78. The van der Waals surface area contributed by atoms with E-state index in [0.29, 0.717) is 22.6 Å². The number of benzene rings is 1. The SMILES string of the molecule is Cc1cc(-c2ccc(/C=N/n3cnnc3)o2)c(C)c([N+](=O)[O-])c1. The van der Waals surface area contributed by atoms with Gasteiger partial charge < -0.3 is 4.42 Å². The van der Waals surface area contributed by atoms with Gasteiger partial charge in [0.2, 0.25) is 0 Å². The number of hydrogen-bond donors (Lipinski definition) is 0. The standard InChI is InChI=1S/C15H13N5O3/c1-10-5-13(11(2)14(6-10)20(21)22)15-4-3-12(23-15)7-18-19-8-16-17-9-19/h3-9H,1-2H3/b18-7+. The fourth-order valence-electron chi connectivity index (χ4n) is 2.23. The van der Waals surface area contributed by atoms with Crippen LogP contribution in [0.2, 0.25) is 0 Å². The maximum atomic E-state index is 11.1. The minimum atomic E-state index is -0.386. The molecule has 1 aromatic carbocycles. The van der Waals surface area contributed by atoms with E-state index in [2.05, 4.69) is 15.3 Å². The lowest BCUT2D eigenvalue weighted by molar-refractivity contribution is -0.385. The summed E-state index contributed by atoms with van der Waals surface area (Å²) >= 11 is 0. The third kappa shape index (κ3) is 3.00. The van der Waals surface area contributed by atoms with Crippen molar-refractivity contribution in [3.05, 3.63) is 63.9 Å². The lowest BCUT2D eigenvalue weighted by Crippen LogP contribution is -1.95. The van der Waals surface area contributed by atoms with Crippen LogP contribution in [0.15, 0.2) is 46.4 Å². The Morgan fingerprint density at radius 3 is 2.70 bits per heavy atom. The molecule has 0 amide bonds. The monoisotopic (exact) mass is 311 g/mol. The second kappa shape index (κ2) is 5.84. The highest BCUT2D eigenvalue weighted by Crippen LogP contribution is 2.32. The predicted octanol–water partition coefficient (Wildman–Crippen LogP) is 2.95. The maximum absolute atomic E-state index is 11.1. The highest BCUT2D eigenvalue weighted by atomic mass is 16.6. The zero-order chi connectivity index (χ0) is 16.4. The van der Waals surface area contributed by atoms with E-state index in [-0.39, 0.29) is 10.6 Å². The van der Waals surface area contributed by atoms with Gasteiger partial charge in [0, 0.05) is 17.2 Å². The molecule has 0 bridgehead atoms. The van der Waals surface area contributed by atoms with Crippen LogP contribution in [0.1, 0.15) is 16.9 Å². The molecule has 3 rings (SSSR count). The Hall–Kier alpha value is -3.29. The molecule has 116 valence electrons. The summed E-state index contributed by atoms with van der Waals surface area (Å²) in [6.45, 7) is 3.52. The largest absolute Gasteiger partial charge is 0.455 e. The van der Waals surface area contributed by atoms with Crippen molar-refractivity contribution >= 4 is 11.9 Å². The summed E-state index contributed by atoms with van der Waals surface area (Å²) in [5, 5.41) is 22.5. The second-order valence-electron chi connectivity index (χ2n) is 5.00. The van der Waals surface area contributed by atoms with Gasteiger partial charge in [0.25, 0.3) is 5.69 Å². The van der Waals surface area contributed by atoms with E-state index in [1.54, 1.807) is 25.1 Å². The van der Waals surface area contributed by atoms with Crippen molar-refractivity contribution in [2.24, 2.45) is 5.10 Å². The molecule has 0 N–H and O–H groups in total. The first-order valence-corrected chi connectivity index (χ1v) is 6.79. The third-order valence-electron chi connectivity index (χ3n) is 3.34. The molecular weight excluding hydrogens is 298 g/mol. The van der Waals surface area contributed by atoms with Gasteiger partial charge in [-0.15, -0.1) is 10.2 Å². The van der Waals surface area contributed by atoms with Gasteiger partial charge >= 0.3 is 0 Å². The summed E-state index contributed by atoms with van der Waals surface area (Å²) in [5.74, 6) is 1.08. The average molecular weight is 311 g/mol. The fraction of sp³-hybridized carbons (Fsp3) is 0.133. The van der Waals surface area contributed by atoms with Gasteiger partial charge in [0.1, 0.15) is 24.2 Å². The van der Waals surface area contributed by atoms with Gasteiger partial charge in [-0.1, -0.05) is 0 Å². The van der Waals surface area contributed by atoms with Crippen LogP contribution in [0, 0.1) is 24.0 Å². The zero-order valence-corrected chi connectivity index (χ0v) is 12.5. The molecular formula is C15H13N5O3. The van der Waals surface area contributed by atoms with E-state index < -0.39 is 0 Å². The Morgan fingerprint density at radius 2 is 2.00 bits per heavy atom. The van der Waals surface area contributed by atoms with E-state index in [1.165, 1.54) is 23.5 Å². The summed E-state index contributed by atoms with van der Waals surface area (Å²) < 4.78 is 7.15. The molecule has 0 aliphatic carbocycles. The minimum Gasteiger partial charge on any atom is -0.455 e. The summed E-state index contributed by atoms with van der Waals surface area (Å²) in [5.41, 5.74) is 2.14. The van der Waals surface area contributed by atoms with Crippen molar-refractivity contribution in [2.75, 3.05) is 0 Å².